The fourth-order valence-corrected chi connectivity index (χ4v) is 5.25. The maximum Gasteiger partial charge on any atom is 0.271 e. The van der Waals surface area contributed by atoms with Gasteiger partial charge in [0.25, 0.3) is 11.8 Å². The largest absolute Gasteiger partial charge is 0.345 e. The van der Waals surface area contributed by atoms with E-state index in [4.69, 9.17) is 0 Å². The highest BCUT2D eigenvalue weighted by molar-refractivity contribution is 6.05. The van der Waals surface area contributed by atoms with E-state index in [2.05, 4.69) is 10.6 Å². The summed E-state index contributed by atoms with van der Waals surface area (Å²) in [6, 6.07) is 4.23. The van der Waals surface area contributed by atoms with Gasteiger partial charge in [-0.15, -0.1) is 0 Å². The number of benzene rings is 1. The standard InChI is InChI=1S/C23H27F2N3O4/c1-13-7-8-22(27-14(2)29,23(24,25)10-13)11-15-3-4-17-16(9-15)12-28(21(17)32)18-5-6-19(30)26-20(18)31/h3-4,9,13,18H,5-8,10-12H2,1-2H3,(H,27,29)(H,26,30,31). The van der Waals surface area contributed by atoms with Crippen LogP contribution in [0.1, 0.15) is 67.4 Å². The maximum atomic E-state index is 15.2. The number of nitrogens with zero attached hydrogens (tertiary/aromatic N) is 1. The van der Waals surface area contributed by atoms with Crippen LogP contribution in [0.5, 0.6) is 0 Å². The van der Waals surface area contributed by atoms with Gasteiger partial charge in [-0.25, -0.2) is 8.78 Å². The molecule has 0 radical (unpaired) electrons. The Bertz CT molecular complexity index is 995. The van der Waals surface area contributed by atoms with Crippen molar-refractivity contribution in [2.45, 2.75) is 76.4 Å². The van der Waals surface area contributed by atoms with Crippen LogP contribution in [0.3, 0.4) is 0 Å². The first-order chi connectivity index (χ1) is 15.0. The molecule has 1 saturated carbocycles. The topological polar surface area (TPSA) is 95.6 Å². The first-order valence-corrected chi connectivity index (χ1v) is 10.9. The first-order valence-electron chi connectivity index (χ1n) is 10.9. The van der Waals surface area contributed by atoms with Gasteiger partial charge in [0.2, 0.25) is 17.7 Å². The molecule has 9 heteroatoms. The summed E-state index contributed by atoms with van der Waals surface area (Å²) in [5, 5.41) is 4.81. The van der Waals surface area contributed by atoms with Crippen LogP contribution >= 0.6 is 0 Å². The molecule has 3 atom stereocenters. The van der Waals surface area contributed by atoms with Gasteiger partial charge >= 0.3 is 0 Å². The van der Waals surface area contributed by atoms with Gasteiger partial charge in [-0.05, 0) is 42.4 Å². The molecule has 1 saturated heterocycles. The Hall–Kier alpha value is -2.84. The van der Waals surface area contributed by atoms with Crippen molar-refractivity contribution in [2.75, 3.05) is 0 Å². The lowest BCUT2D eigenvalue weighted by Crippen LogP contribution is -2.63. The fraction of sp³-hybridized carbons (Fsp3) is 0.565. The van der Waals surface area contributed by atoms with Crippen LogP contribution in [0.25, 0.3) is 0 Å². The van der Waals surface area contributed by atoms with Crippen molar-refractivity contribution in [1.29, 1.82) is 0 Å². The Morgan fingerprint density at radius 3 is 2.66 bits per heavy atom. The number of hydrogen-bond donors (Lipinski definition) is 2. The molecule has 1 aromatic carbocycles. The molecule has 1 aliphatic carbocycles. The average Bonchev–Trinajstić information content (AvgIpc) is 3.00. The van der Waals surface area contributed by atoms with Gasteiger partial charge in [-0.2, -0.15) is 0 Å². The van der Waals surface area contributed by atoms with Gasteiger partial charge < -0.3 is 10.2 Å². The summed E-state index contributed by atoms with van der Waals surface area (Å²) in [4.78, 5) is 49.7. The second-order valence-corrected chi connectivity index (χ2v) is 9.38. The molecule has 32 heavy (non-hydrogen) atoms. The number of alkyl halides is 2. The Morgan fingerprint density at radius 2 is 2.00 bits per heavy atom. The molecule has 4 amide bonds. The number of rotatable bonds is 4. The summed E-state index contributed by atoms with van der Waals surface area (Å²) >= 11 is 0. The van der Waals surface area contributed by atoms with Crippen molar-refractivity contribution in [3.05, 3.63) is 34.9 Å². The number of carbonyl (C=O) groups is 4. The molecule has 1 aromatic rings. The minimum atomic E-state index is -3.07. The summed E-state index contributed by atoms with van der Waals surface area (Å²) in [7, 11) is 0. The van der Waals surface area contributed by atoms with E-state index in [1.165, 1.54) is 11.8 Å². The van der Waals surface area contributed by atoms with Crippen LogP contribution in [0, 0.1) is 5.92 Å². The third-order valence-corrected chi connectivity index (χ3v) is 6.88. The van der Waals surface area contributed by atoms with Crippen LogP contribution in [-0.4, -0.2) is 46.0 Å². The lowest BCUT2D eigenvalue weighted by atomic mass is 9.70. The third kappa shape index (κ3) is 3.89. The minimum absolute atomic E-state index is 0.0494. The van der Waals surface area contributed by atoms with Crippen molar-refractivity contribution in [3.8, 4) is 0 Å². The molecule has 172 valence electrons. The van der Waals surface area contributed by atoms with E-state index in [1.807, 2.05) is 0 Å². The molecule has 0 bridgehead atoms. The smallest absolute Gasteiger partial charge is 0.271 e. The number of fused-ring (bicyclic) bond motifs is 1. The van der Waals surface area contributed by atoms with Gasteiger partial charge in [0.1, 0.15) is 11.6 Å². The second-order valence-electron chi connectivity index (χ2n) is 9.38. The first kappa shape index (κ1) is 22.4. The van der Waals surface area contributed by atoms with Crippen LogP contribution < -0.4 is 10.6 Å². The molecule has 2 aliphatic heterocycles. The van der Waals surface area contributed by atoms with E-state index in [-0.39, 0.29) is 56.4 Å². The molecule has 3 unspecified atom stereocenters. The van der Waals surface area contributed by atoms with Crippen LogP contribution in [0.2, 0.25) is 0 Å². The molecule has 2 heterocycles. The normalized spacial score (nSPS) is 29.5. The molecule has 0 aromatic heterocycles. The Kier molecular flexibility index (Phi) is 5.55. The summed E-state index contributed by atoms with van der Waals surface area (Å²) in [6.45, 7) is 3.21. The molecule has 3 aliphatic rings. The molecular formula is C23H27F2N3O4. The van der Waals surface area contributed by atoms with Gasteiger partial charge in [0, 0.05) is 38.3 Å². The zero-order valence-electron chi connectivity index (χ0n) is 18.2. The van der Waals surface area contributed by atoms with Crippen LogP contribution in [0.4, 0.5) is 8.78 Å². The third-order valence-electron chi connectivity index (χ3n) is 6.88. The van der Waals surface area contributed by atoms with Crippen molar-refractivity contribution >= 4 is 23.6 Å². The highest BCUT2D eigenvalue weighted by Crippen LogP contribution is 2.46. The average molecular weight is 447 g/mol. The van der Waals surface area contributed by atoms with E-state index >= 15 is 8.78 Å². The van der Waals surface area contributed by atoms with Crippen LogP contribution in [0.15, 0.2) is 18.2 Å². The zero-order chi connectivity index (χ0) is 23.3. The highest BCUT2D eigenvalue weighted by Gasteiger charge is 2.56. The number of hydrogen-bond acceptors (Lipinski definition) is 4. The second kappa shape index (κ2) is 7.94. The van der Waals surface area contributed by atoms with E-state index in [0.717, 1.165) is 0 Å². The van der Waals surface area contributed by atoms with Crippen molar-refractivity contribution in [1.82, 2.24) is 15.5 Å². The number of imide groups is 1. The van der Waals surface area contributed by atoms with Crippen LogP contribution in [-0.2, 0) is 27.3 Å². The predicted molar refractivity (Wildman–Crippen MR) is 111 cm³/mol. The predicted octanol–water partition coefficient (Wildman–Crippen LogP) is 2.32. The number of halogens is 2. The van der Waals surface area contributed by atoms with Gasteiger partial charge in [0.05, 0.1) is 0 Å². The molecule has 2 N–H and O–H groups in total. The lowest BCUT2D eigenvalue weighted by molar-refractivity contribution is -0.146. The van der Waals surface area contributed by atoms with E-state index in [1.54, 1.807) is 25.1 Å². The molecule has 2 fully saturated rings. The molecule has 7 nitrogen and oxygen atoms in total. The van der Waals surface area contributed by atoms with E-state index in [0.29, 0.717) is 23.1 Å². The Labute approximate surface area is 184 Å². The Morgan fingerprint density at radius 1 is 1.25 bits per heavy atom. The summed E-state index contributed by atoms with van der Waals surface area (Å²) in [5.41, 5.74) is 0.00858. The van der Waals surface area contributed by atoms with Gasteiger partial charge in [-0.1, -0.05) is 19.1 Å². The van der Waals surface area contributed by atoms with Gasteiger partial charge in [0.15, 0.2) is 0 Å². The number of piperidine rings is 1. The van der Waals surface area contributed by atoms with Crippen molar-refractivity contribution in [2.24, 2.45) is 5.92 Å². The monoisotopic (exact) mass is 447 g/mol. The van der Waals surface area contributed by atoms with Crippen molar-refractivity contribution in [3.63, 3.8) is 0 Å². The van der Waals surface area contributed by atoms with Crippen molar-refractivity contribution < 1.29 is 28.0 Å². The molecule has 4 rings (SSSR count). The molecule has 0 spiro atoms. The summed E-state index contributed by atoms with van der Waals surface area (Å²) in [6.07, 6.45) is 0.829. The minimum Gasteiger partial charge on any atom is -0.345 e. The highest BCUT2D eigenvalue weighted by atomic mass is 19.3. The SMILES string of the molecule is CC(=O)NC1(Cc2ccc3c(c2)CN(C2CCC(=O)NC2=O)C3=O)CCC(C)CC1(F)F. The van der Waals surface area contributed by atoms with E-state index < -0.39 is 29.3 Å². The Balaban J connectivity index is 1.59. The quantitative estimate of drug-likeness (QED) is 0.693. The number of nitrogens with one attached hydrogen (secondary N) is 2. The zero-order valence-corrected chi connectivity index (χ0v) is 18.2. The maximum absolute atomic E-state index is 15.2. The fourth-order valence-electron chi connectivity index (χ4n) is 5.25. The molecular weight excluding hydrogens is 420 g/mol. The van der Waals surface area contributed by atoms with Gasteiger partial charge in [-0.3, -0.25) is 24.5 Å². The number of carbonyl (C=O) groups excluding carboxylic acids is 4. The van der Waals surface area contributed by atoms with E-state index in [9.17, 15) is 19.2 Å². The summed E-state index contributed by atoms with van der Waals surface area (Å²) < 4.78 is 30.4. The summed E-state index contributed by atoms with van der Waals surface area (Å²) in [5.74, 6) is -4.86. The number of amides is 4. The lowest BCUT2D eigenvalue weighted by Gasteiger charge is -2.46.